The summed E-state index contributed by atoms with van der Waals surface area (Å²) in [7, 11) is 0. The summed E-state index contributed by atoms with van der Waals surface area (Å²) >= 11 is 0. The zero-order valence-corrected chi connectivity index (χ0v) is 10.6. The Morgan fingerprint density at radius 3 is 2.35 bits per heavy atom. The van der Waals surface area contributed by atoms with Gasteiger partial charge in [0.1, 0.15) is 0 Å². The van der Waals surface area contributed by atoms with Gasteiger partial charge in [0, 0.05) is 12.1 Å². The zero-order chi connectivity index (χ0) is 14.3. The van der Waals surface area contributed by atoms with Crippen molar-refractivity contribution in [3.8, 4) is 11.4 Å². The van der Waals surface area contributed by atoms with Gasteiger partial charge in [-0.2, -0.15) is 13.2 Å². The molecule has 0 atom stereocenters. The Bertz CT molecular complexity index is 612. The minimum atomic E-state index is -4.52. The molecule has 2 N–H and O–H groups in total. The van der Waals surface area contributed by atoms with Crippen molar-refractivity contribution in [2.75, 3.05) is 0 Å². The van der Waals surface area contributed by atoms with E-state index in [1.165, 1.54) is 4.68 Å². The van der Waals surface area contributed by atoms with Crippen LogP contribution in [0.15, 0.2) is 24.3 Å². The first-order valence-corrected chi connectivity index (χ1v) is 6.32. The van der Waals surface area contributed by atoms with Crippen LogP contribution < -0.4 is 5.73 Å². The summed E-state index contributed by atoms with van der Waals surface area (Å²) in [5.74, 6) is -0.814. The van der Waals surface area contributed by atoms with Crippen molar-refractivity contribution >= 4 is 0 Å². The predicted octanol–water partition coefficient (Wildman–Crippen LogP) is 2.76. The number of aromatic nitrogens is 3. The molecule has 1 fully saturated rings. The molecule has 1 aromatic heterocycles. The van der Waals surface area contributed by atoms with Crippen LogP contribution in [0.3, 0.4) is 0 Å². The Hall–Kier alpha value is -1.89. The number of hydrogen-bond acceptors (Lipinski definition) is 3. The Kier molecular flexibility index (Phi) is 3.01. The van der Waals surface area contributed by atoms with Crippen LogP contribution in [-0.4, -0.2) is 14.8 Å². The van der Waals surface area contributed by atoms with Crippen LogP contribution in [-0.2, 0) is 12.7 Å². The maximum atomic E-state index is 12.7. The first-order chi connectivity index (χ1) is 9.49. The average Bonchev–Trinajstić information content (AvgIpc) is 3.16. The Morgan fingerprint density at radius 2 is 1.85 bits per heavy atom. The molecule has 1 aliphatic rings. The number of nitrogens with two attached hydrogens (primary N) is 1. The van der Waals surface area contributed by atoms with E-state index in [0.717, 1.165) is 18.4 Å². The third-order valence-corrected chi connectivity index (χ3v) is 3.23. The molecule has 0 aliphatic heterocycles. The van der Waals surface area contributed by atoms with E-state index in [0.29, 0.717) is 12.1 Å². The molecule has 4 nitrogen and oxygen atoms in total. The van der Waals surface area contributed by atoms with Gasteiger partial charge in [0.25, 0.3) is 5.82 Å². The van der Waals surface area contributed by atoms with Crippen LogP contribution in [0.4, 0.5) is 13.2 Å². The summed E-state index contributed by atoms with van der Waals surface area (Å²) in [4.78, 5) is 3.66. The normalized spacial score (nSPS) is 15.6. The molecule has 0 amide bonds. The number of halogens is 3. The maximum absolute atomic E-state index is 12.7. The van der Waals surface area contributed by atoms with E-state index in [1.807, 2.05) is 0 Å². The lowest BCUT2D eigenvalue weighted by molar-refractivity contribution is -0.145. The van der Waals surface area contributed by atoms with Crippen molar-refractivity contribution in [2.45, 2.75) is 31.6 Å². The van der Waals surface area contributed by atoms with Gasteiger partial charge in [0.05, 0.1) is 6.04 Å². The van der Waals surface area contributed by atoms with Gasteiger partial charge >= 0.3 is 6.18 Å². The molecular weight excluding hydrogens is 269 g/mol. The lowest BCUT2D eigenvalue weighted by Gasteiger charge is -2.04. The van der Waals surface area contributed by atoms with Crippen molar-refractivity contribution in [1.82, 2.24) is 14.8 Å². The highest BCUT2D eigenvalue weighted by Gasteiger charge is 2.39. The van der Waals surface area contributed by atoms with Gasteiger partial charge < -0.3 is 5.73 Å². The summed E-state index contributed by atoms with van der Waals surface area (Å²) in [6.45, 7) is 0.392. The molecule has 0 unspecified atom stereocenters. The van der Waals surface area contributed by atoms with E-state index < -0.39 is 12.0 Å². The highest BCUT2D eigenvalue weighted by atomic mass is 19.4. The second-order valence-electron chi connectivity index (χ2n) is 4.83. The number of nitrogens with zero attached hydrogens (tertiary/aromatic N) is 3. The van der Waals surface area contributed by atoms with Crippen LogP contribution in [0, 0.1) is 0 Å². The molecule has 1 aliphatic carbocycles. The van der Waals surface area contributed by atoms with Gasteiger partial charge in [-0.25, -0.2) is 9.67 Å². The van der Waals surface area contributed by atoms with Crippen LogP contribution in [0.5, 0.6) is 0 Å². The molecule has 7 heteroatoms. The molecule has 0 spiro atoms. The lowest BCUT2D eigenvalue weighted by atomic mass is 10.1. The van der Waals surface area contributed by atoms with Crippen LogP contribution in [0.1, 0.15) is 30.3 Å². The van der Waals surface area contributed by atoms with E-state index in [-0.39, 0.29) is 11.9 Å². The molecule has 1 heterocycles. The molecule has 2 aromatic rings. The first kappa shape index (κ1) is 13.1. The Morgan fingerprint density at radius 1 is 1.20 bits per heavy atom. The Labute approximate surface area is 113 Å². The number of hydrogen-bond donors (Lipinski definition) is 1. The topological polar surface area (TPSA) is 56.7 Å². The van der Waals surface area contributed by atoms with Crippen molar-refractivity contribution in [3.63, 3.8) is 0 Å². The molecule has 1 aromatic carbocycles. The molecular formula is C13H13F3N4. The van der Waals surface area contributed by atoms with Crippen molar-refractivity contribution in [1.29, 1.82) is 0 Å². The van der Waals surface area contributed by atoms with E-state index in [9.17, 15) is 13.2 Å². The fourth-order valence-corrected chi connectivity index (χ4v) is 2.00. The SMILES string of the molecule is NCc1ccc(-c2nc(C(F)(F)F)nn2C2CC2)cc1. The molecule has 0 saturated heterocycles. The molecule has 106 valence electrons. The molecule has 1 saturated carbocycles. The van der Waals surface area contributed by atoms with Crippen LogP contribution in [0.2, 0.25) is 0 Å². The summed E-state index contributed by atoms with van der Waals surface area (Å²) in [6, 6.07) is 7.06. The van der Waals surface area contributed by atoms with Crippen LogP contribution in [0.25, 0.3) is 11.4 Å². The van der Waals surface area contributed by atoms with Gasteiger partial charge in [-0.3, -0.25) is 0 Å². The smallest absolute Gasteiger partial charge is 0.326 e. The second kappa shape index (κ2) is 4.59. The van der Waals surface area contributed by atoms with Crippen LogP contribution >= 0.6 is 0 Å². The minimum Gasteiger partial charge on any atom is -0.326 e. The van der Waals surface area contributed by atoms with Crippen molar-refractivity contribution in [2.24, 2.45) is 5.73 Å². The monoisotopic (exact) mass is 282 g/mol. The highest BCUT2D eigenvalue weighted by molar-refractivity contribution is 5.56. The number of rotatable bonds is 3. The molecule has 0 radical (unpaired) electrons. The molecule has 0 bridgehead atoms. The molecule has 3 rings (SSSR count). The maximum Gasteiger partial charge on any atom is 0.453 e. The Balaban J connectivity index is 2.04. The standard InChI is InChI=1S/C13H13F3N4/c14-13(15,16)12-18-11(20(19-12)10-5-6-10)9-3-1-8(7-17)2-4-9/h1-4,10H,5-7,17H2. The fourth-order valence-electron chi connectivity index (χ4n) is 2.00. The van der Waals surface area contributed by atoms with Crippen molar-refractivity contribution in [3.05, 3.63) is 35.7 Å². The highest BCUT2D eigenvalue weighted by Crippen LogP contribution is 2.39. The van der Waals surface area contributed by atoms with E-state index in [4.69, 9.17) is 5.73 Å². The van der Waals surface area contributed by atoms with Gasteiger partial charge in [0.15, 0.2) is 5.82 Å². The number of alkyl halides is 3. The summed E-state index contributed by atoms with van der Waals surface area (Å²) < 4.78 is 39.6. The van der Waals surface area contributed by atoms with E-state index >= 15 is 0 Å². The first-order valence-electron chi connectivity index (χ1n) is 6.32. The van der Waals surface area contributed by atoms with Gasteiger partial charge in [-0.15, -0.1) is 5.10 Å². The van der Waals surface area contributed by atoms with Gasteiger partial charge in [0.2, 0.25) is 0 Å². The number of benzene rings is 1. The minimum absolute atomic E-state index is 0.0304. The third-order valence-electron chi connectivity index (χ3n) is 3.23. The zero-order valence-electron chi connectivity index (χ0n) is 10.6. The van der Waals surface area contributed by atoms with E-state index in [1.54, 1.807) is 24.3 Å². The predicted molar refractivity (Wildman–Crippen MR) is 66.6 cm³/mol. The largest absolute Gasteiger partial charge is 0.453 e. The fraction of sp³-hybridized carbons (Fsp3) is 0.385. The average molecular weight is 282 g/mol. The summed E-state index contributed by atoms with van der Waals surface area (Å²) in [6.07, 6.45) is -2.84. The lowest BCUT2D eigenvalue weighted by Crippen LogP contribution is -2.08. The van der Waals surface area contributed by atoms with Gasteiger partial charge in [-0.1, -0.05) is 24.3 Å². The van der Waals surface area contributed by atoms with Crippen molar-refractivity contribution < 1.29 is 13.2 Å². The second-order valence-corrected chi connectivity index (χ2v) is 4.83. The third kappa shape index (κ3) is 2.40. The van der Waals surface area contributed by atoms with Gasteiger partial charge in [-0.05, 0) is 18.4 Å². The quantitative estimate of drug-likeness (QED) is 0.941. The summed E-state index contributed by atoms with van der Waals surface area (Å²) in [5.41, 5.74) is 7.05. The molecule has 20 heavy (non-hydrogen) atoms. The van der Waals surface area contributed by atoms with E-state index in [2.05, 4.69) is 10.1 Å². The summed E-state index contributed by atoms with van der Waals surface area (Å²) in [5, 5.41) is 3.62.